The van der Waals surface area contributed by atoms with E-state index in [-0.39, 0.29) is 11.5 Å². The molecule has 0 aliphatic heterocycles. The Kier molecular flexibility index (Phi) is 4.87. The second-order valence-electron chi connectivity index (χ2n) is 6.30. The van der Waals surface area contributed by atoms with Crippen molar-refractivity contribution in [1.82, 2.24) is 0 Å². The van der Waals surface area contributed by atoms with Crippen molar-refractivity contribution in [1.29, 1.82) is 0 Å². The minimum Gasteiger partial charge on any atom is -0.481 e. The molecule has 0 aromatic carbocycles. The summed E-state index contributed by atoms with van der Waals surface area (Å²) in [4.78, 5) is 10.6. The van der Waals surface area contributed by atoms with Crippen molar-refractivity contribution in [3.05, 3.63) is 0 Å². The Bertz CT molecular complexity index is 326. The summed E-state index contributed by atoms with van der Waals surface area (Å²) in [6, 6.07) is 0. The van der Waals surface area contributed by atoms with Gasteiger partial charge in [-0.3, -0.25) is 4.79 Å². The van der Waals surface area contributed by atoms with Crippen LogP contribution in [0.2, 0.25) is 0 Å². The first-order chi connectivity index (χ1) is 8.51. The molecule has 0 aromatic rings. The van der Waals surface area contributed by atoms with Gasteiger partial charge in [-0.05, 0) is 30.6 Å². The highest BCUT2D eigenvalue weighted by molar-refractivity contribution is 5.71. The van der Waals surface area contributed by atoms with Gasteiger partial charge in [0.1, 0.15) is 0 Å². The lowest BCUT2D eigenvalue weighted by molar-refractivity contribution is -0.207. The van der Waals surface area contributed by atoms with Crippen LogP contribution in [0.3, 0.4) is 0 Å². The number of ether oxygens (including phenoxy) is 1. The van der Waals surface area contributed by atoms with Crippen molar-refractivity contribution >= 4 is 5.97 Å². The molecule has 3 atom stereocenters. The Morgan fingerprint density at radius 3 is 2.42 bits per heavy atom. The number of hydrogen-bond acceptors (Lipinski definition) is 2. The molecule has 1 rings (SSSR count). The van der Waals surface area contributed by atoms with Gasteiger partial charge in [-0.1, -0.05) is 20.8 Å². The summed E-state index contributed by atoms with van der Waals surface area (Å²) in [5, 5.41) is 8.59. The van der Waals surface area contributed by atoms with Crippen molar-refractivity contribution in [3.63, 3.8) is 0 Å². The molecule has 1 N–H and O–H groups in total. The predicted molar refractivity (Wildman–Crippen MR) is 63.7 cm³/mol. The summed E-state index contributed by atoms with van der Waals surface area (Å²) >= 11 is 0. The van der Waals surface area contributed by atoms with Gasteiger partial charge in [0, 0.05) is 0 Å². The van der Waals surface area contributed by atoms with Crippen LogP contribution in [0.25, 0.3) is 0 Å². The van der Waals surface area contributed by atoms with Gasteiger partial charge >= 0.3 is 12.1 Å². The van der Waals surface area contributed by atoms with E-state index in [0.29, 0.717) is 18.8 Å². The zero-order valence-corrected chi connectivity index (χ0v) is 11.5. The van der Waals surface area contributed by atoms with Crippen molar-refractivity contribution in [2.75, 3.05) is 6.61 Å². The van der Waals surface area contributed by atoms with Gasteiger partial charge < -0.3 is 9.84 Å². The lowest BCUT2D eigenvalue weighted by Crippen LogP contribution is -2.38. The lowest BCUT2D eigenvalue weighted by Gasteiger charge is -2.39. The van der Waals surface area contributed by atoms with Crippen LogP contribution >= 0.6 is 0 Å². The molecule has 0 saturated heterocycles. The summed E-state index contributed by atoms with van der Waals surface area (Å²) in [7, 11) is 0. The summed E-state index contributed by atoms with van der Waals surface area (Å²) in [6.45, 7) is 5.34. The number of carboxylic acids is 1. The number of carbonyl (C=O) groups is 1. The van der Waals surface area contributed by atoms with E-state index in [9.17, 15) is 18.0 Å². The average Bonchev–Trinajstić information content (AvgIpc) is 2.10. The molecule has 1 aliphatic rings. The fourth-order valence-corrected chi connectivity index (χ4v) is 2.92. The second kappa shape index (κ2) is 5.69. The maximum absolute atomic E-state index is 12.5. The standard InChI is InChI=1S/C13H21F3O3/c1-8-4-9(6-12(2,3)5-8)19-7-10(11(17)18)13(14,15)16/h8-10H,4-7H2,1-3H3,(H,17,18). The molecule has 3 unspecified atom stereocenters. The van der Waals surface area contributed by atoms with E-state index < -0.39 is 24.7 Å². The first-order valence-electron chi connectivity index (χ1n) is 6.42. The van der Waals surface area contributed by atoms with E-state index in [2.05, 4.69) is 13.8 Å². The second-order valence-corrected chi connectivity index (χ2v) is 6.30. The van der Waals surface area contributed by atoms with E-state index in [1.165, 1.54) is 0 Å². The molecule has 0 aromatic heterocycles. The van der Waals surface area contributed by atoms with E-state index in [0.717, 1.165) is 6.42 Å². The minimum atomic E-state index is -4.76. The molecule has 0 spiro atoms. The zero-order chi connectivity index (χ0) is 14.8. The summed E-state index contributed by atoms with van der Waals surface area (Å²) in [5.74, 6) is -3.94. The Hall–Kier alpha value is -0.780. The lowest BCUT2D eigenvalue weighted by atomic mass is 9.71. The first-order valence-corrected chi connectivity index (χ1v) is 6.42. The normalized spacial score (nSPS) is 28.9. The SMILES string of the molecule is CC1CC(OCC(C(=O)O)C(F)(F)F)CC(C)(C)C1. The molecule has 19 heavy (non-hydrogen) atoms. The van der Waals surface area contributed by atoms with Crippen LogP contribution in [-0.2, 0) is 9.53 Å². The number of rotatable bonds is 4. The Morgan fingerprint density at radius 1 is 1.42 bits per heavy atom. The van der Waals surface area contributed by atoms with Crippen LogP contribution < -0.4 is 0 Å². The fourth-order valence-electron chi connectivity index (χ4n) is 2.92. The number of aliphatic carboxylic acids is 1. The predicted octanol–water partition coefficient (Wildman–Crippen LogP) is 3.48. The smallest absolute Gasteiger partial charge is 0.404 e. The summed E-state index contributed by atoms with van der Waals surface area (Å²) in [5.41, 5.74) is 0.0271. The molecule has 0 bridgehead atoms. The quantitative estimate of drug-likeness (QED) is 0.858. The van der Waals surface area contributed by atoms with Gasteiger partial charge in [-0.2, -0.15) is 13.2 Å². The van der Waals surface area contributed by atoms with Gasteiger partial charge in [-0.15, -0.1) is 0 Å². The Morgan fingerprint density at radius 2 is 2.00 bits per heavy atom. The third-order valence-corrected chi connectivity index (χ3v) is 3.54. The third kappa shape index (κ3) is 5.01. The van der Waals surface area contributed by atoms with Gasteiger partial charge in [-0.25, -0.2) is 0 Å². The van der Waals surface area contributed by atoms with Crippen LogP contribution in [0.4, 0.5) is 13.2 Å². The fraction of sp³-hybridized carbons (Fsp3) is 0.923. The summed E-state index contributed by atoms with van der Waals surface area (Å²) in [6.07, 6.45) is -2.69. The topological polar surface area (TPSA) is 46.5 Å². The van der Waals surface area contributed by atoms with Crippen LogP contribution in [0.15, 0.2) is 0 Å². The van der Waals surface area contributed by atoms with Crippen LogP contribution in [0.5, 0.6) is 0 Å². The van der Waals surface area contributed by atoms with Crippen LogP contribution in [-0.4, -0.2) is 30.0 Å². The molecule has 0 amide bonds. The maximum atomic E-state index is 12.5. The monoisotopic (exact) mass is 282 g/mol. The molecule has 0 heterocycles. The number of halogens is 3. The third-order valence-electron chi connectivity index (χ3n) is 3.54. The van der Waals surface area contributed by atoms with Crippen molar-refractivity contribution in [3.8, 4) is 0 Å². The molecule has 1 fully saturated rings. The molecule has 112 valence electrons. The molecule has 1 saturated carbocycles. The van der Waals surface area contributed by atoms with Crippen molar-refractivity contribution < 1.29 is 27.8 Å². The first kappa shape index (κ1) is 16.3. The largest absolute Gasteiger partial charge is 0.481 e. The van der Waals surface area contributed by atoms with E-state index in [1.807, 2.05) is 6.92 Å². The molecule has 3 nitrogen and oxygen atoms in total. The highest BCUT2D eigenvalue weighted by Gasteiger charge is 2.46. The minimum absolute atomic E-state index is 0.0271. The molecule has 6 heteroatoms. The molecule has 1 aliphatic carbocycles. The highest BCUT2D eigenvalue weighted by atomic mass is 19.4. The number of hydrogen-bond donors (Lipinski definition) is 1. The van der Waals surface area contributed by atoms with Crippen molar-refractivity contribution in [2.24, 2.45) is 17.3 Å². The molecule has 0 radical (unpaired) electrons. The number of alkyl halides is 3. The van der Waals surface area contributed by atoms with Gasteiger partial charge in [0.15, 0.2) is 5.92 Å². The maximum Gasteiger partial charge on any atom is 0.404 e. The van der Waals surface area contributed by atoms with Gasteiger partial charge in [0.2, 0.25) is 0 Å². The van der Waals surface area contributed by atoms with Crippen LogP contribution in [0.1, 0.15) is 40.0 Å². The summed E-state index contributed by atoms with van der Waals surface area (Å²) < 4.78 is 42.7. The van der Waals surface area contributed by atoms with Gasteiger partial charge in [0.05, 0.1) is 12.7 Å². The van der Waals surface area contributed by atoms with E-state index in [1.54, 1.807) is 0 Å². The number of carboxylic acid groups (broad SMARTS) is 1. The Balaban J connectivity index is 2.57. The highest BCUT2D eigenvalue weighted by Crippen LogP contribution is 2.40. The van der Waals surface area contributed by atoms with E-state index in [4.69, 9.17) is 9.84 Å². The molecular formula is C13H21F3O3. The van der Waals surface area contributed by atoms with Crippen LogP contribution in [0, 0.1) is 17.3 Å². The molecular weight excluding hydrogens is 261 g/mol. The zero-order valence-electron chi connectivity index (χ0n) is 11.5. The van der Waals surface area contributed by atoms with Crippen molar-refractivity contribution in [2.45, 2.75) is 52.3 Å². The van der Waals surface area contributed by atoms with E-state index >= 15 is 0 Å². The average molecular weight is 282 g/mol. The van der Waals surface area contributed by atoms with Gasteiger partial charge in [0.25, 0.3) is 0 Å². The Labute approximate surface area is 111 Å².